The minimum Gasteiger partial charge on any atom is -0.438 e. The zero-order chi connectivity index (χ0) is 20.1. The third kappa shape index (κ3) is 4.72. The van der Waals surface area contributed by atoms with Crippen LogP contribution in [0.4, 0.5) is 4.39 Å². The number of carbonyl (C=O) groups excluding carboxylic acids is 2. The van der Waals surface area contributed by atoms with E-state index in [-0.39, 0.29) is 22.5 Å². The first-order chi connectivity index (χ1) is 13.5. The Hall–Kier alpha value is -3.25. The van der Waals surface area contributed by atoms with Crippen LogP contribution in [0.15, 0.2) is 60.8 Å². The van der Waals surface area contributed by atoms with Gasteiger partial charge in [-0.1, -0.05) is 35.9 Å². The van der Waals surface area contributed by atoms with Gasteiger partial charge in [-0.05, 0) is 42.8 Å². The lowest BCUT2D eigenvalue weighted by atomic mass is 10.1. The molecule has 1 amide bonds. The summed E-state index contributed by atoms with van der Waals surface area (Å²) in [6, 6.07) is 13.4. The maximum atomic E-state index is 13.1. The zero-order valence-electron chi connectivity index (χ0n) is 14.9. The molecule has 0 saturated carbocycles. The van der Waals surface area contributed by atoms with Crippen LogP contribution < -0.4 is 10.1 Å². The molecule has 2 aromatic carbocycles. The summed E-state index contributed by atoms with van der Waals surface area (Å²) in [5.74, 6) is -0.442. The Labute approximate surface area is 166 Å². The molecule has 7 heteroatoms. The number of benzene rings is 2. The summed E-state index contributed by atoms with van der Waals surface area (Å²) in [4.78, 5) is 27.6. The van der Waals surface area contributed by atoms with Crippen LogP contribution in [0.25, 0.3) is 0 Å². The van der Waals surface area contributed by atoms with E-state index in [1.807, 2.05) is 6.92 Å². The van der Waals surface area contributed by atoms with Gasteiger partial charge in [0.25, 0.3) is 5.91 Å². The van der Waals surface area contributed by atoms with Crippen molar-refractivity contribution < 1.29 is 18.7 Å². The molecule has 142 valence electrons. The van der Waals surface area contributed by atoms with Crippen molar-refractivity contribution in [3.8, 4) is 11.6 Å². The molecule has 0 radical (unpaired) electrons. The number of halogens is 2. The van der Waals surface area contributed by atoms with Crippen molar-refractivity contribution in [2.24, 2.45) is 0 Å². The zero-order valence-corrected chi connectivity index (χ0v) is 15.6. The smallest absolute Gasteiger partial charge is 0.257 e. The van der Waals surface area contributed by atoms with Gasteiger partial charge in [0, 0.05) is 11.8 Å². The fourth-order valence-electron chi connectivity index (χ4n) is 2.51. The predicted octanol–water partition coefficient (Wildman–Crippen LogP) is 4.97. The molecule has 0 aliphatic rings. The van der Waals surface area contributed by atoms with E-state index in [2.05, 4.69) is 10.3 Å². The lowest BCUT2D eigenvalue weighted by Gasteiger charge is -2.16. The maximum Gasteiger partial charge on any atom is 0.257 e. The lowest BCUT2D eigenvalue weighted by molar-refractivity contribution is 0.0936. The van der Waals surface area contributed by atoms with E-state index in [9.17, 15) is 14.0 Å². The molecule has 1 atom stereocenters. The van der Waals surface area contributed by atoms with E-state index in [1.54, 1.807) is 24.3 Å². The third-order valence-electron chi connectivity index (χ3n) is 4.01. The lowest BCUT2D eigenvalue weighted by Crippen LogP contribution is -2.27. The van der Waals surface area contributed by atoms with Crippen LogP contribution in [0.1, 0.15) is 39.2 Å². The molecule has 0 aliphatic heterocycles. The number of amides is 1. The van der Waals surface area contributed by atoms with Gasteiger partial charge in [-0.2, -0.15) is 0 Å². The highest BCUT2D eigenvalue weighted by Crippen LogP contribution is 2.26. The number of hydrogen-bond acceptors (Lipinski definition) is 4. The monoisotopic (exact) mass is 398 g/mol. The van der Waals surface area contributed by atoms with Gasteiger partial charge in [-0.3, -0.25) is 9.59 Å². The molecule has 0 saturated heterocycles. The van der Waals surface area contributed by atoms with Gasteiger partial charge in [-0.15, -0.1) is 0 Å². The van der Waals surface area contributed by atoms with Gasteiger partial charge >= 0.3 is 0 Å². The molecule has 0 aliphatic carbocycles. The second-order valence-corrected chi connectivity index (χ2v) is 6.48. The number of carbonyl (C=O) groups is 2. The Morgan fingerprint density at radius 1 is 1.18 bits per heavy atom. The molecule has 0 spiro atoms. The van der Waals surface area contributed by atoms with Crippen molar-refractivity contribution in [3.05, 3.63) is 88.3 Å². The maximum absolute atomic E-state index is 13.1. The molecule has 1 N–H and O–H groups in total. The number of nitrogens with one attached hydrogen (secondary N) is 1. The highest BCUT2D eigenvalue weighted by atomic mass is 35.5. The molecular formula is C21H16ClFN2O3. The molecule has 1 aromatic heterocycles. The molecule has 28 heavy (non-hydrogen) atoms. The van der Waals surface area contributed by atoms with Crippen molar-refractivity contribution in [2.45, 2.75) is 13.0 Å². The van der Waals surface area contributed by atoms with Crippen LogP contribution in [0.2, 0.25) is 5.02 Å². The van der Waals surface area contributed by atoms with Crippen LogP contribution in [0.3, 0.4) is 0 Å². The van der Waals surface area contributed by atoms with Crippen LogP contribution in [0, 0.1) is 5.82 Å². The van der Waals surface area contributed by atoms with Crippen LogP contribution >= 0.6 is 11.6 Å². The molecular weight excluding hydrogens is 383 g/mol. The fraction of sp³-hybridized carbons (Fsp3) is 0.0952. The van der Waals surface area contributed by atoms with E-state index in [4.69, 9.17) is 16.3 Å². The Bertz CT molecular complexity index is 992. The summed E-state index contributed by atoms with van der Waals surface area (Å²) in [6.07, 6.45) is 2.11. The average molecular weight is 399 g/mol. The number of hydrogen-bond donors (Lipinski definition) is 1. The second kappa shape index (κ2) is 8.63. The van der Waals surface area contributed by atoms with Crippen LogP contribution in [0.5, 0.6) is 11.6 Å². The van der Waals surface area contributed by atoms with Gasteiger partial charge in [0.05, 0.1) is 11.1 Å². The molecule has 1 heterocycles. The van der Waals surface area contributed by atoms with Gasteiger partial charge < -0.3 is 10.1 Å². The van der Waals surface area contributed by atoms with Gasteiger partial charge in [0.1, 0.15) is 23.4 Å². The van der Waals surface area contributed by atoms with E-state index in [1.165, 1.54) is 36.5 Å². The minimum atomic E-state index is -0.431. The van der Waals surface area contributed by atoms with Crippen molar-refractivity contribution in [3.63, 3.8) is 0 Å². The standard InChI is InChI=1S/C21H16ClFN2O3/c1-13(15-4-2-14(12-26)3-5-15)25-20(27)19-10-16(22)11-24-21(19)28-18-8-6-17(23)7-9-18/h2-13H,1H3,(H,25,27)/t13-/m0/s1. The van der Waals surface area contributed by atoms with Crippen molar-refractivity contribution in [2.75, 3.05) is 0 Å². The molecule has 0 bridgehead atoms. The van der Waals surface area contributed by atoms with Gasteiger partial charge in [0.2, 0.25) is 5.88 Å². The van der Waals surface area contributed by atoms with Gasteiger partial charge in [-0.25, -0.2) is 9.37 Å². The van der Waals surface area contributed by atoms with Crippen molar-refractivity contribution >= 4 is 23.8 Å². The van der Waals surface area contributed by atoms with Crippen LogP contribution in [-0.2, 0) is 0 Å². The fourth-order valence-corrected chi connectivity index (χ4v) is 2.66. The van der Waals surface area contributed by atoms with Crippen molar-refractivity contribution in [1.82, 2.24) is 10.3 Å². The Morgan fingerprint density at radius 3 is 2.50 bits per heavy atom. The largest absolute Gasteiger partial charge is 0.438 e. The highest BCUT2D eigenvalue weighted by molar-refractivity contribution is 6.30. The van der Waals surface area contributed by atoms with Crippen LogP contribution in [-0.4, -0.2) is 17.2 Å². The number of nitrogens with zero attached hydrogens (tertiary/aromatic N) is 1. The first-order valence-corrected chi connectivity index (χ1v) is 8.79. The summed E-state index contributed by atoms with van der Waals surface area (Å²) in [5.41, 5.74) is 1.53. The number of aromatic nitrogens is 1. The normalized spacial score (nSPS) is 11.5. The third-order valence-corrected chi connectivity index (χ3v) is 4.22. The predicted molar refractivity (Wildman–Crippen MR) is 103 cm³/mol. The number of rotatable bonds is 6. The molecule has 0 unspecified atom stereocenters. The number of pyridine rings is 1. The first kappa shape index (κ1) is 19.5. The summed E-state index contributed by atoms with van der Waals surface area (Å²) in [6.45, 7) is 1.81. The van der Waals surface area contributed by atoms with E-state index in [0.29, 0.717) is 11.3 Å². The Kier molecular flexibility index (Phi) is 6.01. The summed E-state index contributed by atoms with van der Waals surface area (Å²) in [5, 5.41) is 3.12. The van der Waals surface area contributed by atoms with Gasteiger partial charge in [0.15, 0.2) is 0 Å². The van der Waals surface area contributed by atoms with E-state index in [0.717, 1.165) is 11.8 Å². The first-order valence-electron chi connectivity index (χ1n) is 8.41. The number of aldehydes is 1. The Morgan fingerprint density at radius 2 is 1.86 bits per heavy atom. The Balaban J connectivity index is 1.80. The average Bonchev–Trinajstić information content (AvgIpc) is 2.71. The van der Waals surface area contributed by atoms with E-state index >= 15 is 0 Å². The quantitative estimate of drug-likeness (QED) is 0.595. The highest BCUT2D eigenvalue weighted by Gasteiger charge is 2.18. The minimum absolute atomic E-state index is 0.0528. The molecule has 3 rings (SSSR count). The summed E-state index contributed by atoms with van der Waals surface area (Å²) in [7, 11) is 0. The summed E-state index contributed by atoms with van der Waals surface area (Å²) >= 11 is 5.99. The second-order valence-electron chi connectivity index (χ2n) is 6.04. The van der Waals surface area contributed by atoms with Crippen molar-refractivity contribution in [1.29, 1.82) is 0 Å². The number of ether oxygens (including phenoxy) is 1. The molecule has 0 fully saturated rings. The topological polar surface area (TPSA) is 68.3 Å². The molecule has 3 aromatic rings. The summed E-state index contributed by atoms with van der Waals surface area (Å²) < 4.78 is 18.7. The SMILES string of the molecule is C[C@H](NC(=O)c1cc(Cl)cnc1Oc1ccc(F)cc1)c1ccc(C=O)cc1. The molecule has 5 nitrogen and oxygen atoms in total. The van der Waals surface area contributed by atoms with E-state index < -0.39 is 11.7 Å².